The third-order valence-electron chi connectivity index (χ3n) is 12.2. The van der Waals surface area contributed by atoms with Gasteiger partial charge in [0.15, 0.2) is 0 Å². The van der Waals surface area contributed by atoms with Gasteiger partial charge in [-0.15, -0.1) is 23.5 Å². The van der Waals surface area contributed by atoms with Crippen molar-refractivity contribution in [3.63, 3.8) is 0 Å². The fourth-order valence-electron chi connectivity index (χ4n) is 8.95. The van der Waals surface area contributed by atoms with Crippen LogP contribution in [-0.2, 0) is 0 Å². The highest BCUT2D eigenvalue weighted by Crippen LogP contribution is 2.75. The molecule has 2 aliphatic carbocycles. The molecule has 0 amide bonds. The summed E-state index contributed by atoms with van der Waals surface area (Å²) in [4.78, 5) is 5.21. The van der Waals surface area contributed by atoms with E-state index in [0.29, 0.717) is 20.9 Å². The summed E-state index contributed by atoms with van der Waals surface area (Å²) in [6, 6.07) is 54.3. The highest BCUT2D eigenvalue weighted by atomic mass is 32.2. The van der Waals surface area contributed by atoms with Crippen LogP contribution in [0.1, 0.15) is 25.0 Å². The van der Waals surface area contributed by atoms with Crippen LogP contribution in [-0.4, -0.2) is 27.3 Å². The first-order valence-electron chi connectivity index (χ1n) is 19.7. The molecule has 10 rings (SSSR count). The zero-order chi connectivity index (χ0) is 42.4. The number of hydrogen-bond acceptors (Lipinski definition) is 4. The van der Waals surface area contributed by atoms with Crippen molar-refractivity contribution in [2.45, 2.75) is 41.1 Å². The molecule has 2 aliphatic heterocycles. The molecule has 0 saturated heterocycles. The van der Waals surface area contributed by atoms with E-state index in [-0.39, 0.29) is 11.1 Å². The maximum absolute atomic E-state index is 16.2. The molecule has 6 aromatic carbocycles. The third-order valence-corrected chi connectivity index (χ3v) is 15.5. The zero-order valence-corrected chi connectivity index (χ0v) is 34.4. The van der Waals surface area contributed by atoms with E-state index >= 15 is 26.3 Å². The van der Waals surface area contributed by atoms with Crippen molar-refractivity contribution in [1.29, 1.82) is 0 Å². The Morgan fingerprint density at radius 2 is 0.623 bits per heavy atom. The van der Waals surface area contributed by atoms with Crippen LogP contribution in [0.15, 0.2) is 204 Å². The summed E-state index contributed by atoms with van der Waals surface area (Å²) in [5.74, 6) is -15.9. The maximum Gasteiger partial charge on any atom is 0.380 e. The average Bonchev–Trinajstić information content (AvgIpc) is 3.86. The van der Waals surface area contributed by atoms with Gasteiger partial charge in [0, 0.05) is 55.1 Å². The minimum atomic E-state index is -5.64. The Morgan fingerprint density at radius 1 is 0.361 bits per heavy atom. The van der Waals surface area contributed by atoms with Gasteiger partial charge in [-0.05, 0) is 121 Å². The minimum Gasteiger partial charge on any atom is -0.311 e. The monoisotopic (exact) mass is 854 g/mol. The number of alkyl halides is 6. The van der Waals surface area contributed by atoms with Gasteiger partial charge in [-0.1, -0.05) is 97.1 Å². The first-order valence-corrected chi connectivity index (χ1v) is 21.4. The molecule has 0 radical (unpaired) electrons. The fourth-order valence-corrected chi connectivity index (χ4v) is 12.1. The van der Waals surface area contributed by atoms with Gasteiger partial charge in [0.05, 0.1) is 9.49 Å². The van der Waals surface area contributed by atoms with E-state index in [4.69, 9.17) is 0 Å². The Hall–Kier alpha value is -5.84. The summed E-state index contributed by atoms with van der Waals surface area (Å²) in [5.41, 5.74) is 3.71. The average molecular weight is 855 g/mol. The zero-order valence-electron chi connectivity index (χ0n) is 32.8. The van der Waals surface area contributed by atoms with Crippen LogP contribution in [0.3, 0.4) is 0 Å². The summed E-state index contributed by atoms with van der Waals surface area (Å²) in [6.45, 7) is 3.44. The predicted molar refractivity (Wildman–Crippen MR) is 239 cm³/mol. The van der Waals surface area contributed by atoms with Crippen LogP contribution >= 0.6 is 23.5 Å². The number of halogens is 6. The highest BCUT2D eigenvalue weighted by Gasteiger charge is 2.84. The summed E-state index contributed by atoms with van der Waals surface area (Å²) >= 11 is 2.51. The van der Waals surface area contributed by atoms with Crippen molar-refractivity contribution in [2.24, 2.45) is 0 Å². The quantitative estimate of drug-likeness (QED) is 0.141. The molecule has 2 atom stereocenters. The van der Waals surface area contributed by atoms with Crippen molar-refractivity contribution < 1.29 is 26.3 Å². The number of anilines is 6. The number of allylic oxidation sites excluding steroid dienone is 4. The van der Waals surface area contributed by atoms with E-state index in [2.05, 4.69) is 9.80 Å². The number of fused-ring (bicyclic) bond motifs is 4. The Morgan fingerprint density at radius 3 is 0.902 bits per heavy atom. The molecule has 0 unspecified atom stereocenters. The first kappa shape index (κ1) is 39.3. The van der Waals surface area contributed by atoms with Crippen LogP contribution in [0.5, 0.6) is 0 Å². The molecule has 304 valence electrons. The van der Waals surface area contributed by atoms with Gasteiger partial charge in [0.2, 0.25) is 0 Å². The lowest BCUT2D eigenvalue weighted by Crippen LogP contribution is -2.48. The number of para-hydroxylation sites is 4. The van der Waals surface area contributed by atoms with Crippen LogP contribution in [0.4, 0.5) is 60.5 Å². The molecule has 2 heterocycles. The number of thioether (sulfide) groups is 2. The van der Waals surface area contributed by atoms with E-state index in [1.54, 1.807) is 13.8 Å². The van der Waals surface area contributed by atoms with Crippen molar-refractivity contribution in [3.05, 3.63) is 215 Å². The van der Waals surface area contributed by atoms with E-state index in [9.17, 15) is 0 Å². The van der Waals surface area contributed by atoms with E-state index in [1.165, 1.54) is 35.7 Å². The van der Waals surface area contributed by atoms with Crippen LogP contribution in [0.2, 0.25) is 0 Å². The molecular weight excluding hydrogens is 819 g/mol. The molecule has 61 heavy (non-hydrogen) atoms. The lowest BCUT2D eigenvalue weighted by atomic mass is 9.71. The Kier molecular flexibility index (Phi) is 9.09. The molecule has 0 aromatic heterocycles. The molecule has 1 saturated carbocycles. The van der Waals surface area contributed by atoms with Gasteiger partial charge in [-0.2, -0.15) is 26.3 Å². The normalized spacial score (nSPS) is 22.9. The largest absolute Gasteiger partial charge is 0.380 e. The van der Waals surface area contributed by atoms with Crippen molar-refractivity contribution >= 4 is 67.5 Å². The SMILES string of the molecule is C[C@]12SC(c3ccc(N(c4ccccc4)c4ccccc4)cc3)=CC1=C1C(=C3C=C(c4ccc(N(c5ccccc5)c5ccccc5)cc4)S[C@@]32C)C(F)(F)C(F)(F)C1(F)F. The second-order valence-corrected chi connectivity index (χ2v) is 18.6. The fraction of sp³-hybridized carbons (Fsp3) is 0.137. The summed E-state index contributed by atoms with van der Waals surface area (Å²) in [5, 5.41) is 0. The highest BCUT2D eigenvalue weighted by molar-refractivity contribution is 8.14. The summed E-state index contributed by atoms with van der Waals surface area (Å²) in [7, 11) is 0. The second-order valence-electron chi connectivity index (χ2n) is 15.7. The Labute approximate surface area is 358 Å². The number of benzene rings is 6. The van der Waals surface area contributed by atoms with Crippen molar-refractivity contribution in [3.8, 4) is 0 Å². The molecule has 0 spiro atoms. The van der Waals surface area contributed by atoms with Crippen molar-refractivity contribution in [2.75, 3.05) is 9.80 Å². The lowest BCUT2D eigenvalue weighted by molar-refractivity contribution is -0.258. The Balaban J connectivity index is 1.05. The van der Waals surface area contributed by atoms with Gasteiger partial charge < -0.3 is 9.80 Å². The molecule has 0 N–H and O–H groups in total. The van der Waals surface area contributed by atoms with Crippen molar-refractivity contribution in [1.82, 2.24) is 0 Å². The molecule has 10 heteroatoms. The maximum atomic E-state index is 16.2. The third kappa shape index (κ3) is 5.82. The molecule has 4 aliphatic rings. The molecule has 2 nitrogen and oxygen atoms in total. The topological polar surface area (TPSA) is 6.48 Å². The molecular formula is C51H36F6N2S2. The number of rotatable bonds is 8. The van der Waals surface area contributed by atoms with Gasteiger partial charge in [-0.3, -0.25) is 0 Å². The smallest absolute Gasteiger partial charge is 0.311 e. The Bertz CT molecular complexity index is 2520. The summed E-state index contributed by atoms with van der Waals surface area (Å²) < 4.78 is 93.1. The second kappa shape index (κ2) is 14.1. The first-order chi connectivity index (χ1) is 29.3. The molecule has 0 bridgehead atoms. The van der Waals surface area contributed by atoms with Gasteiger partial charge in [-0.25, -0.2) is 0 Å². The number of hydrogen-bond donors (Lipinski definition) is 0. The van der Waals surface area contributed by atoms with Gasteiger partial charge in [0.25, 0.3) is 0 Å². The summed E-state index contributed by atoms with van der Waals surface area (Å²) in [6.07, 6.45) is 2.87. The molecule has 6 aromatic rings. The number of nitrogens with zero attached hydrogens (tertiary/aromatic N) is 2. The van der Waals surface area contributed by atoms with Crippen LogP contribution < -0.4 is 9.80 Å². The van der Waals surface area contributed by atoms with E-state index < -0.39 is 38.4 Å². The molecule has 1 fully saturated rings. The van der Waals surface area contributed by atoms with Crippen LogP contribution in [0.25, 0.3) is 9.81 Å². The van der Waals surface area contributed by atoms with E-state index in [0.717, 1.165) is 34.1 Å². The van der Waals surface area contributed by atoms with Gasteiger partial charge in [0.1, 0.15) is 0 Å². The standard InChI is InChI=1S/C51H36F6N2S2/c1-47-41(31-43(60-47)33-23-27-39(28-24-33)58(35-15-7-3-8-16-35)36-17-9-4-10-18-36)45-46(50(54,55)51(56,57)49(45,52)53)42-32-44(61-48(42,47)2)34-25-29-40(30-26-34)59(37-19-11-5-12-20-37)38-21-13-6-14-22-38/h3-32H,1-2H3/t47-,48-/m0/s1. The van der Waals surface area contributed by atoms with Gasteiger partial charge >= 0.3 is 17.8 Å². The van der Waals surface area contributed by atoms with E-state index in [1.807, 2.05) is 170 Å². The lowest BCUT2D eigenvalue weighted by Gasteiger charge is -2.47. The predicted octanol–water partition coefficient (Wildman–Crippen LogP) is 15.5. The minimum absolute atomic E-state index is 0.200. The van der Waals surface area contributed by atoms with Crippen LogP contribution in [0, 0.1) is 0 Å².